The van der Waals surface area contributed by atoms with Crippen LogP contribution in [-0.2, 0) is 4.74 Å². The Kier molecular flexibility index (Phi) is 5.03. The molecule has 2 rings (SSSR count). The Morgan fingerprint density at radius 2 is 2.50 bits per heavy atom. The molecule has 1 fully saturated rings. The number of nitrogens with two attached hydrogens (primary N) is 1. The highest BCUT2D eigenvalue weighted by Crippen LogP contribution is 2.29. The number of amides is 1. The smallest absolute Gasteiger partial charge is 0.407 e. The van der Waals surface area contributed by atoms with E-state index in [2.05, 4.69) is 21.9 Å². The van der Waals surface area contributed by atoms with Gasteiger partial charge in [-0.25, -0.2) is 4.79 Å². The summed E-state index contributed by atoms with van der Waals surface area (Å²) in [6.45, 7) is 3.71. The number of likely N-dealkylation sites (tertiary alicyclic amines) is 1. The van der Waals surface area contributed by atoms with E-state index >= 15 is 0 Å². The van der Waals surface area contributed by atoms with E-state index in [-0.39, 0.29) is 24.2 Å². The lowest BCUT2D eigenvalue weighted by molar-refractivity contribution is 0.160. The molecular formula is C14H23N3O3. The van der Waals surface area contributed by atoms with Crippen LogP contribution in [0.1, 0.15) is 31.6 Å². The van der Waals surface area contributed by atoms with Crippen molar-refractivity contribution in [3.63, 3.8) is 0 Å². The van der Waals surface area contributed by atoms with Crippen LogP contribution in [0.25, 0.3) is 0 Å². The standard InChI is InChI=1S/C14H23N3O3/c1-3-11(15)13(12-5-4-8-20-12)17-7-6-10(9-17)16-14(18)19-2/h4-5,8,10-11,13H,3,6-7,9,15H2,1-2H3,(H,16,18). The Bertz CT molecular complexity index is 421. The third-order valence-corrected chi connectivity index (χ3v) is 3.83. The maximum Gasteiger partial charge on any atom is 0.407 e. The van der Waals surface area contributed by atoms with Crippen molar-refractivity contribution in [1.29, 1.82) is 0 Å². The fraction of sp³-hybridized carbons (Fsp3) is 0.643. The van der Waals surface area contributed by atoms with E-state index in [0.29, 0.717) is 0 Å². The Hall–Kier alpha value is -1.53. The number of nitrogens with one attached hydrogen (secondary N) is 1. The zero-order valence-corrected chi connectivity index (χ0v) is 12.0. The van der Waals surface area contributed by atoms with Crippen molar-refractivity contribution in [3.05, 3.63) is 24.2 Å². The highest BCUT2D eigenvalue weighted by Gasteiger charge is 2.34. The van der Waals surface area contributed by atoms with Crippen molar-refractivity contribution < 1.29 is 13.9 Å². The molecule has 3 unspecified atom stereocenters. The maximum absolute atomic E-state index is 11.3. The number of rotatable bonds is 5. The van der Waals surface area contributed by atoms with E-state index < -0.39 is 0 Å². The molecule has 1 amide bonds. The molecule has 0 radical (unpaired) electrons. The van der Waals surface area contributed by atoms with Crippen LogP contribution < -0.4 is 11.1 Å². The monoisotopic (exact) mass is 281 g/mol. The number of carbonyl (C=O) groups excluding carboxylic acids is 1. The molecule has 1 saturated heterocycles. The molecular weight excluding hydrogens is 258 g/mol. The molecule has 0 saturated carbocycles. The van der Waals surface area contributed by atoms with Crippen molar-refractivity contribution in [2.24, 2.45) is 5.73 Å². The van der Waals surface area contributed by atoms with Crippen LogP contribution in [-0.4, -0.2) is 43.3 Å². The van der Waals surface area contributed by atoms with Crippen LogP contribution in [0.15, 0.2) is 22.8 Å². The zero-order chi connectivity index (χ0) is 14.5. The minimum absolute atomic E-state index is 0.0121. The lowest BCUT2D eigenvalue weighted by atomic mass is 10.0. The van der Waals surface area contributed by atoms with E-state index in [1.807, 2.05) is 12.1 Å². The van der Waals surface area contributed by atoms with Crippen LogP contribution in [0, 0.1) is 0 Å². The van der Waals surface area contributed by atoms with Crippen LogP contribution >= 0.6 is 0 Å². The summed E-state index contributed by atoms with van der Waals surface area (Å²) < 4.78 is 10.2. The number of alkyl carbamates (subject to hydrolysis) is 1. The SMILES string of the molecule is CCC(N)C(c1ccco1)N1CCC(NC(=O)OC)C1. The van der Waals surface area contributed by atoms with E-state index in [1.165, 1.54) is 7.11 Å². The first-order chi connectivity index (χ1) is 9.65. The summed E-state index contributed by atoms with van der Waals surface area (Å²) in [5, 5.41) is 2.84. The van der Waals surface area contributed by atoms with E-state index in [0.717, 1.165) is 31.7 Å². The third kappa shape index (κ3) is 3.32. The van der Waals surface area contributed by atoms with Gasteiger partial charge in [0, 0.05) is 25.2 Å². The van der Waals surface area contributed by atoms with Gasteiger partial charge in [0.15, 0.2) is 0 Å². The number of methoxy groups -OCH3 is 1. The second-order valence-electron chi connectivity index (χ2n) is 5.15. The molecule has 1 aromatic heterocycles. The van der Waals surface area contributed by atoms with Gasteiger partial charge in [-0.1, -0.05) is 6.92 Å². The molecule has 0 bridgehead atoms. The second kappa shape index (κ2) is 6.76. The lowest BCUT2D eigenvalue weighted by Gasteiger charge is -2.30. The van der Waals surface area contributed by atoms with Gasteiger partial charge in [-0.3, -0.25) is 4.90 Å². The molecule has 2 heterocycles. The Morgan fingerprint density at radius 3 is 3.10 bits per heavy atom. The summed E-state index contributed by atoms with van der Waals surface area (Å²) in [6, 6.07) is 4.01. The van der Waals surface area contributed by atoms with Gasteiger partial charge >= 0.3 is 6.09 Å². The summed E-state index contributed by atoms with van der Waals surface area (Å²) in [6.07, 6.45) is 3.05. The van der Waals surface area contributed by atoms with Gasteiger partial charge in [-0.2, -0.15) is 0 Å². The average molecular weight is 281 g/mol. The Labute approximate surface area is 119 Å². The molecule has 6 heteroatoms. The Morgan fingerprint density at radius 1 is 1.70 bits per heavy atom. The quantitative estimate of drug-likeness (QED) is 0.854. The van der Waals surface area contributed by atoms with Crippen LogP contribution in [0.3, 0.4) is 0 Å². The number of ether oxygens (including phenoxy) is 1. The van der Waals surface area contributed by atoms with Gasteiger partial charge in [0.05, 0.1) is 19.4 Å². The van der Waals surface area contributed by atoms with Crippen molar-refractivity contribution >= 4 is 6.09 Å². The van der Waals surface area contributed by atoms with E-state index in [9.17, 15) is 4.79 Å². The molecule has 3 N–H and O–H groups in total. The second-order valence-corrected chi connectivity index (χ2v) is 5.15. The molecule has 0 aliphatic carbocycles. The molecule has 1 aromatic rings. The average Bonchev–Trinajstić information content (AvgIpc) is 3.11. The van der Waals surface area contributed by atoms with E-state index in [1.54, 1.807) is 6.26 Å². The first-order valence-corrected chi connectivity index (χ1v) is 7.03. The zero-order valence-electron chi connectivity index (χ0n) is 12.0. The third-order valence-electron chi connectivity index (χ3n) is 3.83. The normalized spacial score (nSPS) is 22.4. The predicted molar refractivity (Wildman–Crippen MR) is 75.2 cm³/mol. The predicted octanol–water partition coefficient (Wildman–Crippen LogP) is 1.49. The van der Waals surface area contributed by atoms with Gasteiger partial charge in [0.2, 0.25) is 0 Å². The van der Waals surface area contributed by atoms with Gasteiger partial charge in [0.25, 0.3) is 0 Å². The summed E-state index contributed by atoms with van der Waals surface area (Å²) in [4.78, 5) is 13.5. The lowest BCUT2D eigenvalue weighted by Crippen LogP contribution is -2.42. The van der Waals surface area contributed by atoms with Gasteiger partial charge in [-0.15, -0.1) is 0 Å². The minimum atomic E-state index is -0.383. The van der Waals surface area contributed by atoms with Gasteiger partial charge < -0.3 is 20.2 Å². The first-order valence-electron chi connectivity index (χ1n) is 7.03. The summed E-state index contributed by atoms with van der Waals surface area (Å²) >= 11 is 0. The van der Waals surface area contributed by atoms with Crippen molar-refractivity contribution in [3.8, 4) is 0 Å². The van der Waals surface area contributed by atoms with Gasteiger partial charge in [0.1, 0.15) is 5.76 Å². The first kappa shape index (κ1) is 14.9. The van der Waals surface area contributed by atoms with Crippen molar-refractivity contribution in [1.82, 2.24) is 10.2 Å². The van der Waals surface area contributed by atoms with Crippen molar-refractivity contribution in [2.75, 3.05) is 20.2 Å². The molecule has 112 valence electrons. The molecule has 0 aromatic carbocycles. The van der Waals surface area contributed by atoms with Crippen molar-refractivity contribution in [2.45, 2.75) is 37.9 Å². The number of nitrogens with zero attached hydrogens (tertiary/aromatic N) is 1. The molecule has 0 spiro atoms. The minimum Gasteiger partial charge on any atom is -0.468 e. The highest BCUT2D eigenvalue weighted by atomic mass is 16.5. The summed E-state index contributed by atoms with van der Waals surface area (Å²) in [5.74, 6) is 0.887. The fourth-order valence-corrected chi connectivity index (χ4v) is 2.73. The van der Waals surface area contributed by atoms with Gasteiger partial charge in [-0.05, 0) is 25.0 Å². The van der Waals surface area contributed by atoms with E-state index in [4.69, 9.17) is 10.2 Å². The van der Waals surface area contributed by atoms with Crippen LogP contribution in [0.5, 0.6) is 0 Å². The van der Waals surface area contributed by atoms with Crippen LogP contribution in [0.4, 0.5) is 4.79 Å². The summed E-state index contributed by atoms with van der Waals surface area (Å²) in [7, 11) is 1.38. The summed E-state index contributed by atoms with van der Waals surface area (Å²) in [5.41, 5.74) is 6.25. The maximum atomic E-state index is 11.3. The number of hydrogen-bond acceptors (Lipinski definition) is 5. The topological polar surface area (TPSA) is 80.7 Å². The molecule has 6 nitrogen and oxygen atoms in total. The molecule has 1 aliphatic heterocycles. The highest BCUT2D eigenvalue weighted by molar-refractivity contribution is 5.67. The largest absolute Gasteiger partial charge is 0.468 e. The number of hydrogen-bond donors (Lipinski definition) is 2. The molecule has 20 heavy (non-hydrogen) atoms. The van der Waals surface area contributed by atoms with Crippen LogP contribution in [0.2, 0.25) is 0 Å². The Balaban J connectivity index is 2.03. The molecule has 1 aliphatic rings. The number of carbonyl (C=O) groups is 1. The molecule has 3 atom stereocenters. The fourth-order valence-electron chi connectivity index (χ4n) is 2.73. The number of furan rings is 1.